The number of nitrogens with one attached hydrogen (secondary N) is 1. The Kier molecular flexibility index (Phi) is 8.18. The van der Waals surface area contributed by atoms with Crippen molar-refractivity contribution in [3.05, 3.63) is 29.3 Å². The number of carboxylic acids is 1. The second kappa shape index (κ2) is 11.2. The summed E-state index contributed by atoms with van der Waals surface area (Å²) in [6.45, 7) is 8.73. The van der Waals surface area contributed by atoms with Gasteiger partial charge in [-0.2, -0.15) is 0 Å². The van der Waals surface area contributed by atoms with Crippen LogP contribution in [0.5, 0.6) is 0 Å². The molecule has 2 saturated heterocycles. The predicted molar refractivity (Wildman–Crippen MR) is 139 cm³/mol. The molecule has 10 heteroatoms. The molecule has 208 valence electrons. The molecular weight excluding hydrogens is 488 g/mol. The van der Waals surface area contributed by atoms with Crippen LogP contribution < -0.4 is 10.4 Å². The fourth-order valence-electron chi connectivity index (χ4n) is 5.79. The third-order valence-electron chi connectivity index (χ3n) is 7.82. The minimum atomic E-state index is -1.29. The predicted octanol–water partition coefficient (Wildman–Crippen LogP) is 2.08. The van der Waals surface area contributed by atoms with E-state index in [0.717, 1.165) is 31.2 Å². The van der Waals surface area contributed by atoms with Gasteiger partial charge in [-0.15, -0.1) is 0 Å². The Balaban J connectivity index is 1.31. The van der Waals surface area contributed by atoms with Gasteiger partial charge in [-0.3, -0.25) is 9.59 Å². The highest BCUT2D eigenvalue weighted by atomic mass is 16.6. The number of aliphatic carboxylic acids is 1. The lowest BCUT2D eigenvalue weighted by atomic mass is 9.79. The first-order chi connectivity index (χ1) is 17.9. The largest absolute Gasteiger partial charge is 0.550 e. The molecule has 4 rings (SSSR count). The van der Waals surface area contributed by atoms with Gasteiger partial charge in [-0.05, 0) is 82.1 Å². The number of nitrogens with zero attached hydrogens (tertiary/aromatic N) is 3. The summed E-state index contributed by atoms with van der Waals surface area (Å²) in [6, 6.07) is 4.39. The van der Waals surface area contributed by atoms with Crippen LogP contribution in [0.1, 0.15) is 68.8 Å². The Hall–Kier alpha value is -3.30. The van der Waals surface area contributed by atoms with Gasteiger partial charge in [0.05, 0.1) is 0 Å². The van der Waals surface area contributed by atoms with E-state index >= 15 is 0 Å². The standard InChI is InChI=1S/C28H40N4O6/c1-28(2,3)38-27(37)32-13-9-19(10-14-32)18-7-11-31(12-8-18)25(35)20-5-6-22-21(15-20)17-30(4)26(36)23(29-22)16-24(33)34/h5-6,15,18-19,23,29H,7-14,16-17H2,1-4H3,(H,33,34)/p-1/t23-/m0/s1. The number of ether oxygens (including phenoxy) is 1. The van der Waals surface area contributed by atoms with Crippen LogP contribution in [0.2, 0.25) is 0 Å². The number of hydrogen-bond acceptors (Lipinski definition) is 7. The minimum absolute atomic E-state index is 0.0319. The van der Waals surface area contributed by atoms with Crippen molar-refractivity contribution in [2.45, 2.75) is 71.1 Å². The number of carbonyl (C=O) groups is 4. The van der Waals surface area contributed by atoms with Crippen LogP contribution in [0.15, 0.2) is 18.2 Å². The number of hydrogen-bond donors (Lipinski definition) is 1. The molecule has 3 heterocycles. The lowest BCUT2D eigenvalue weighted by molar-refractivity contribution is -0.305. The van der Waals surface area contributed by atoms with Crippen LogP contribution >= 0.6 is 0 Å². The van der Waals surface area contributed by atoms with Crippen molar-refractivity contribution < 1.29 is 29.0 Å². The Labute approximate surface area is 224 Å². The number of carbonyl (C=O) groups excluding carboxylic acids is 4. The second-order valence-corrected chi connectivity index (χ2v) is 11.8. The SMILES string of the molecule is CN1Cc2cc(C(=O)N3CCC(C4CCN(C(=O)OC(C)(C)C)CC4)CC3)ccc2N[C@@H](CC(=O)[O-])C1=O. The fourth-order valence-corrected chi connectivity index (χ4v) is 5.79. The molecule has 0 bridgehead atoms. The van der Waals surface area contributed by atoms with Crippen molar-refractivity contribution in [3.63, 3.8) is 0 Å². The average molecular weight is 528 g/mol. The van der Waals surface area contributed by atoms with Crippen LogP contribution in [0, 0.1) is 11.8 Å². The molecule has 1 aromatic carbocycles. The molecule has 10 nitrogen and oxygen atoms in total. The van der Waals surface area contributed by atoms with E-state index in [1.54, 1.807) is 30.1 Å². The summed E-state index contributed by atoms with van der Waals surface area (Å²) in [5, 5.41) is 14.1. The molecule has 3 amide bonds. The number of carboxylic acid groups (broad SMARTS) is 1. The maximum Gasteiger partial charge on any atom is 0.410 e. The van der Waals surface area contributed by atoms with E-state index in [4.69, 9.17) is 4.74 Å². The second-order valence-electron chi connectivity index (χ2n) is 11.8. The molecule has 0 aromatic heterocycles. The number of piperidine rings is 2. The highest BCUT2D eigenvalue weighted by molar-refractivity contribution is 5.96. The number of rotatable bonds is 4. The first-order valence-corrected chi connectivity index (χ1v) is 13.5. The minimum Gasteiger partial charge on any atom is -0.550 e. The Morgan fingerprint density at radius 1 is 1.00 bits per heavy atom. The molecule has 0 saturated carbocycles. The number of likely N-dealkylation sites (N-methyl/N-ethyl adjacent to an activating group) is 1. The molecule has 0 aliphatic carbocycles. The van der Waals surface area contributed by atoms with E-state index < -0.39 is 24.0 Å². The van der Waals surface area contributed by atoms with Crippen molar-refractivity contribution in [1.29, 1.82) is 0 Å². The summed E-state index contributed by atoms with van der Waals surface area (Å²) in [5.41, 5.74) is 1.50. The molecule has 38 heavy (non-hydrogen) atoms. The van der Waals surface area contributed by atoms with Gasteiger partial charge in [0.25, 0.3) is 5.91 Å². The average Bonchev–Trinajstić information content (AvgIpc) is 2.98. The number of benzene rings is 1. The molecule has 2 fully saturated rings. The Bertz CT molecular complexity index is 1070. The summed E-state index contributed by atoms with van der Waals surface area (Å²) in [5.74, 6) is -0.563. The van der Waals surface area contributed by atoms with E-state index in [0.29, 0.717) is 49.3 Å². The summed E-state index contributed by atoms with van der Waals surface area (Å²) >= 11 is 0. The highest BCUT2D eigenvalue weighted by Crippen LogP contribution is 2.34. The topological polar surface area (TPSA) is 122 Å². The van der Waals surface area contributed by atoms with E-state index in [1.165, 1.54) is 4.90 Å². The third-order valence-corrected chi connectivity index (χ3v) is 7.82. The lowest BCUT2D eigenvalue weighted by Gasteiger charge is -2.40. The molecule has 3 aliphatic heterocycles. The van der Waals surface area contributed by atoms with Crippen molar-refractivity contribution in [3.8, 4) is 0 Å². The summed E-state index contributed by atoms with van der Waals surface area (Å²) in [7, 11) is 1.62. The van der Waals surface area contributed by atoms with Crippen LogP contribution in [-0.4, -0.2) is 83.4 Å². The maximum absolute atomic E-state index is 13.3. The number of fused-ring (bicyclic) bond motifs is 1. The fraction of sp³-hybridized carbons (Fsp3) is 0.643. The molecule has 3 aliphatic rings. The quantitative estimate of drug-likeness (QED) is 0.636. The number of likely N-dealkylation sites (tertiary alicyclic amines) is 2. The van der Waals surface area contributed by atoms with Crippen molar-refractivity contribution in [1.82, 2.24) is 14.7 Å². The van der Waals surface area contributed by atoms with Crippen molar-refractivity contribution >= 4 is 29.6 Å². The van der Waals surface area contributed by atoms with Gasteiger partial charge in [0.2, 0.25) is 5.91 Å². The lowest BCUT2D eigenvalue weighted by Crippen LogP contribution is -2.45. The summed E-state index contributed by atoms with van der Waals surface area (Å²) < 4.78 is 5.51. The molecule has 1 N–H and O–H groups in total. The highest BCUT2D eigenvalue weighted by Gasteiger charge is 2.34. The van der Waals surface area contributed by atoms with Crippen molar-refractivity contribution in [2.75, 3.05) is 38.5 Å². The van der Waals surface area contributed by atoms with E-state index in [-0.39, 0.29) is 24.5 Å². The van der Waals surface area contributed by atoms with E-state index in [9.17, 15) is 24.3 Å². The van der Waals surface area contributed by atoms with Crippen LogP contribution in [0.4, 0.5) is 10.5 Å². The monoisotopic (exact) mass is 527 g/mol. The van der Waals surface area contributed by atoms with Crippen LogP contribution in [0.3, 0.4) is 0 Å². The Morgan fingerprint density at radius 2 is 1.58 bits per heavy atom. The maximum atomic E-state index is 13.3. The van der Waals surface area contributed by atoms with Crippen LogP contribution in [-0.2, 0) is 20.9 Å². The van der Waals surface area contributed by atoms with Gasteiger partial charge in [-0.25, -0.2) is 4.79 Å². The van der Waals surface area contributed by atoms with E-state index in [1.807, 2.05) is 25.7 Å². The zero-order chi connectivity index (χ0) is 27.6. The third kappa shape index (κ3) is 6.57. The molecule has 0 spiro atoms. The summed E-state index contributed by atoms with van der Waals surface area (Å²) in [6.07, 6.45) is 3.15. The first-order valence-electron chi connectivity index (χ1n) is 13.5. The van der Waals surface area contributed by atoms with Gasteiger partial charge in [0.1, 0.15) is 11.6 Å². The van der Waals surface area contributed by atoms with Crippen molar-refractivity contribution in [2.24, 2.45) is 11.8 Å². The molecule has 1 atom stereocenters. The zero-order valence-electron chi connectivity index (χ0n) is 22.8. The van der Waals surface area contributed by atoms with E-state index in [2.05, 4.69) is 5.32 Å². The smallest absolute Gasteiger partial charge is 0.410 e. The normalized spacial score (nSPS) is 21.4. The number of anilines is 1. The molecule has 1 aromatic rings. The Morgan fingerprint density at radius 3 is 2.13 bits per heavy atom. The number of amides is 3. The molecule has 0 radical (unpaired) electrons. The van der Waals surface area contributed by atoms with Crippen LogP contribution in [0.25, 0.3) is 0 Å². The molecule has 0 unspecified atom stereocenters. The first kappa shape index (κ1) is 27.7. The summed E-state index contributed by atoms with van der Waals surface area (Å²) in [4.78, 5) is 54.5. The van der Waals surface area contributed by atoms with Gasteiger partial charge in [0, 0.05) is 63.4 Å². The van der Waals surface area contributed by atoms with Gasteiger partial charge < -0.3 is 34.7 Å². The van der Waals surface area contributed by atoms with Gasteiger partial charge in [0.15, 0.2) is 0 Å². The van der Waals surface area contributed by atoms with Gasteiger partial charge >= 0.3 is 6.09 Å². The molecular formula is C28H39N4O6-. The zero-order valence-corrected chi connectivity index (χ0v) is 22.8. The van der Waals surface area contributed by atoms with Gasteiger partial charge in [-0.1, -0.05) is 0 Å².